The molecule has 0 bridgehead atoms. The number of carboxylic acid groups (broad SMARTS) is 1. The lowest BCUT2D eigenvalue weighted by atomic mass is 10.2. The van der Waals surface area contributed by atoms with Crippen molar-refractivity contribution < 1.29 is 32.6 Å². The second kappa shape index (κ2) is 7.85. The molecular weight excluding hydrogens is 364 g/mol. The van der Waals surface area contributed by atoms with Gasteiger partial charge in [-0.2, -0.15) is 0 Å². The van der Waals surface area contributed by atoms with Gasteiger partial charge in [-0.15, -0.1) is 4.83 Å². The van der Waals surface area contributed by atoms with Gasteiger partial charge in [0, 0.05) is 11.6 Å². The van der Waals surface area contributed by atoms with Gasteiger partial charge in [0.25, 0.3) is 15.9 Å². The van der Waals surface area contributed by atoms with Crippen LogP contribution in [0.4, 0.5) is 0 Å². The van der Waals surface area contributed by atoms with Crippen LogP contribution in [0.1, 0.15) is 20.7 Å². The highest BCUT2D eigenvalue weighted by atomic mass is 32.2. The zero-order valence-corrected chi connectivity index (χ0v) is 14.7. The minimum absolute atomic E-state index is 0.100. The summed E-state index contributed by atoms with van der Waals surface area (Å²) < 4.78 is 34.5. The molecule has 0 heterocycles. The summed E-state index contributed by atoms with van der Waals surface area (Å²) in [5.41, 5.74) is 1.96. The number of amides is 1. The molecule has 0 radical (unpaired) electrons. The van der Waals surface area contributed by atoms with Crippen LogP contribution in [0.3, 0.4) is 0 Å². The van der Waals surface area contributed by atoms with Crippen molar-refractivity contribution in [1.82, 2.24) is 10.3 Å². The number of hydrogen-bond donors (Lipinski definition) is 3. The highest BCUT2D eigenvalue weighted by Crippen LogP contribution is 2.22. The number of methoxy groups -OCH3 is 2. The minimum Gasteiger partial charge on any atom is -0.497 e. The molecular formula is C16H16N2O7S. The molecule has 138 valence electrons. The van der Waals surface area contributed by atoms with Crippen LogP contribution in [0, 0.1) is 0 Å². The van der Waals surface area contributed by atoms with Crippen LogP contribution in [0.15, 0.2) is 47.4 Å². The molecule has 3 N–H and O–H groups in total. The van der Waals surface area contributed by atoms with Crippen LogP contribution in [0.5, 0.6) is 11.5 Å². The molecule has 10 heteroatoms. The molecule has 0 fully saturated rings. The first-order valence-electron chi connectivity index (χ1n) is 7.15. The maximum atomic E-state index is 12.2. The number of nitrogens with one attached hydrogen (secondary N) is 2. The van der Waals surface area contributed by atoms with Crippen molar-refractivity contribution in [1.29, 1.82) is 0 Å². The number of sulfonamides is 1. The molecule has 0 atom stereocenters. The molecule has 0 aromatic heterocycles. The SMILES string of the molecule is COc1cc(OC)cc(C(=O)NNS(=O)(=O)c2cccc(C(=O)O)c2)c1. The summed E-state index contributed by atoms with van der Waals surface area (Å²) in [6.45, 7) is 0. The Morgan fingerprint density at radius 1 is 0.962 bits per heavy atom. The predicted molar refractivity (Wildman–Crippen MR) is 90.7 cm³/mol. The second-order valence-corrected chi connectivity index (χ2v) is 6.68. The van der Waals surface area contributed by atoms with Gasteiger partial charge in [0.1, 0.15) is 11.5 Å². The standard InChI is InChI=1S/C16H16N2O7S/c1-24-12-6-11(7-13(9-12)25-2)15(19)17-18-26(22,23)14-5-3-4-10(8-14)16(20)21/h3-9,18H,1-2H3,(H,17,19)(H,20,21). The van der Waals surface area contributed by atoms with E-state index in [2.05, 4.69) is 5.43 Å². The molecule has 0 aliphatic rings. The third kappa shape index (κ3) is 4.49. The zero-order valence-electron chi connectivity index (χ0n) is 13.8. The van der Waals surface area contributed by atoms with E-state index in [1.165, 1.54) is 44.6 Å². The van der Waals surface area contributed by atoms with E-state index in [4.69, 9.17) is 14.6 Å². The third-order valence-electron chi connectivity index (χ3n) is 3.30. The lowest BCUT2D eigenvalue weighted by molar-refractivity contribution is 0.0696. The summed E-state index contributed by atoms with van der Waals surface area (Å²) in [5, 5.41) is 8.93. The maximum Gasteiger partial charge on any atom is 0.335 e. The van der Waals surface area contributed by atoms with Gasteiger partial charge < -0.3 is 14.6 Å². The van der Waals surface area contributed by atoms with E-state index in [9.17, 15) is 18.0 Å². The van der Waals surface area contributed by atoms with Crippen LogP contribution in [0.25, 0.3) is 0 Å². The molecule has 0 aliphatic heterocycles. The van der Waals surface area contributed by atoms with Crippen molar-refractivity contribution in [2.45, 2.75) is 4.90 Å². The first-order valence-corrected chi connectivity index (χ1v) is 8.63. The number of rotatable bonds is 7. The van der Waals surface area contributed by atoms with Crippen LogP contribution in [-0.4, -0.2) is 39.6 Å². The van der Waals surface area contributed by atoms with Gasteiger partial charge in [-0.25, -0.2) is 13.2 Å². The topological polar surface area (TPSA) is 131 Å². The average molecular weight is 380 g/mol. The van der Waals surface area contributed by atoms with Crippen molar-refractivity contribution >= 4 is 21.9 Å². The fraction of sp³-hybridized carbons (Fsp3) is 0.125. The van der Waals surface area contributed by atoms with Crippen molar-refractivity contribution in [3.8, 4) is 11.5 Å². The van der Waals surface area contributed by atoms with E-state index < -0.39 is 21.9 Å². The lowest BCUT2D eigenvalue weighted by Gasteiger charge is -2.11. The van der Waals surface area contributed by atoms with Crippen LogP contribution < -0.4 is 19.7 Å². The van der Waals surface area contributed by atoms with E-state index in [1.807, 2.05) is 4.83 Å². The Labute approximate surface area is 149 Å². The molecule has 1 amide bonds. The number of carbonyl (C=O) groups excluding carboxylic acids is 1. The Balaban J connectivity index is 2.18. The number of aromatic carboxylic acids is 1. The lowest BCUT2D eigenvalue weighted by Crippen LogP contribution is -2.41. The Kier molecular flexibility index (Phi) is 5.80. The van der Waals surface area contributed by atoms with E-state index in [0.717, 1.165) is 6.07 Å². The van der Waals surface area contributed by atoms with E-state index in [0.29, 0.717) is 11.5 Å². The maximum absolute atomic E-state index is 12.2. The summed E-state index contributed by atoms with van der Waals surface area (Å²) in [7, 11) is -1.34. The fourth-order valence-electron chi connectivity index (χ4n) is 1.98. The average Bonchev–Trinajstić information content (AvgIpc) is 2.65. The highest BCUT2D eigenvalue weighted by Gasteiger charge is 2.18. The molecule has 0 aliphatic carbocycles. The molecule has 2 rings (SSSR count). The van der Waals surface area contributed by atoms with Crippen molar-refractivity contribution in [3.05, 3.63) is 53.6 Å². The molecule has 0 unspecified atom stereocenters. The quantitative estimate of drug-likeness (QED) is 0.611. The van der Waals surface area contributed by atoms with Crippen LogP contribution >= 0.6 is 0 Å². The second-order valence-electron chi connectivity index (χ2n) is 4.99. The van der Waals surface area contributed by atoms with E-state index in [1.54, 1.807) is 6.07 Å². The highest BCUT2D eigenvalue weighted by molar-refractivity contribution is 7.89. The monoisotopic (exact) mass is 380 g/mol. The summed E-state index contributed by atoms with van der Waals surface area (Å²) in [5.74, 6) is -1.31. The normalized spacial score (nSPS) is 10.8. The summed E-state index contributed by atoms with van der Waals surface area (Å²) >= 11 is 0. The van der Waals surface area contributed by atoms with Crippen LogP contribution in [0.2, 0.25) is 0 Å². The van der Waals surface area contributed by atoms with Crippen molar-refractivity contribution in [2.24, 2.45) is 0 Å². The minimum atomic E-state index is -4.16. The Bertz CT molecular complexity index is 919. The smallest absolute Gasteiger partial charge is 0.335 e. The number of benzene rings is 2. The van der Waals surface area contributed by atoms with Gasteiger partial charge in [-0.05, 0) is 30.3 Å². The van der Waals surface area contributed by atoms with Gasteiger partial charge in [0.15, 0.2) is 0 Å². The largest absolute Gasteiger partial charge is 0.497 e. The molecule has 0 saturated carbocycles. The number of carboxylic acids is 1. The first kappa shape index (κ1) is 19.2. The third-order valence-corrected chi connectivity index (χ3v) is 4.55. The van der Waals surface area contributed by atoms with Crippen molar-refractivity contribution in [3.63, 3.8) is 0 Å². The first-order chi connectivity index (χ1) is 12.3. The molecule has 9 nitrogen and oxygen atoms in total. The molecule has 26 heavy (non-hydrogen) atoms. The fourth-order valence-corrected chi connectivity index (χ4v) is 2.86. The Hall–Kier alpha value is -3.11. The zero-order chi connectivity index (χ0) is 19.3. The number of hydrogen-bond acceptors (Lipinski definition) is 6. The van der Waals surface area contributed by atoms with Gasteiger partial charge >= 0.3 is 5.97 Å². The molecule has 2 aromatic carbocycles. The summed E-state index contributed by atoms with van der Waals surface area (Å²) in [6, 6.07) is 9.07. The molecule has 2 aromatic rings. The van der Waals surface area contributed by atoms with Gasteiger partial charge in [0.05, 0.1) is 24.7 Å². The number of carbonyl (C=O) groups is 2. The van der Waals surface area contributed by atoms with E-state index in [-0.39, 0.29) is 16.0 Å². The van der Waals surface area contributed by atoms with Gasteiger partial charge in [0.2, 0.25) is 0 Å². The summed E-state index contributed by atoms with van der Waals surface area (Å²) in [6.07, 6.45) is 0. The van der Waals surface area contributed by atoms with Crippen LogP contribution in [-0.2, 0) is 10.0 Å². The molecule has 0 spiro atoms. The van der Waals surface area contributed by atoms with Gasteiger partial charge in [-0.3, -0.25) is 10.2 Å². The predicted octanol–water partition coefficient (Wildman–Crippen LogP) is 1.03. The number of ether oxygens (including phenoxy) is 2. The van der Waals surface area contributed by atoms with E-state index >= 15 is 0 Å². The Morgan fingerprint density at radius 2 is 1.58 bits per heavy atom. The van der Waals surface area contributed by atoms with Crippen molar-refractivity contribution in [2.75, 3.05) is 14.2 Å². The Morgan fingerprint density at radius 3 is 2.12 bits per heavy atom. The number of hydrazine groups is 1. The van der Waals surface area contributed by atoms with Gasteiger partial charge in [-0.1, -0.05) is 6.07 Å². The summed E-state index contributed by atoms with van der Waals surface area (Å²) in [4.78, 5) is 24.7. The molecule has 0 saturated heterocycles.